The Balaban J connectivity index is 2.12. The minimum absolute atomic E-state index is 0.407. The molecule has 2 rings (SSSR count). The summed E-state index contributed by atoms with van der Waals surface area (Å²) in [6.45, 7) is 8.04. The fourth-order valence-corrected chi connectivity index (χ4v) is 5.15. The van der Waals surface area contributed by atoms with Gasteiger partial charge in [0.1, 0.15) is 30.1 Å². The van der Waals surface area contributed by atoms with Crippen molar-refractivity contribution in [3.05, 3.63) is 24.3 Å². The maximum Gasteiger partial charge on any atom is 0.408 e. The molecular formula is C18H22Cl3N3O6S. The van der Waals surface area contributed by atoms with E-state index in [0.29, 0.717) is 5.57 Å². The molecule has 9 nitrogen and oxygen atoms in total. The molecule has 0 aromatic rings. The van der Waals surface area contributed by atoms with Crippen molar-refractivity contribution in [1.82, 2.24) is 15.5 Å². The summed E-state index contributed by atoms with van der Waals surface area (Å²) in [5.74, 6) is -2.30. The van der Waals surface area contributed by atoms with Gasteiger partial charge in [-0.3, -0.25) is 9.59 Å². The molecule has 13 heteroatoms. The van der Waals surface area contributed by atoms with E-state index < -0.39 is 62.5 Å². The van der Waals surface area contributed by atoms with Crippen LogP contribution in [-0.2, 0) is 19.1 Å². The van der Waals surface area contributed by atoms with Gasteiger partial charge < -0.3 is 25.4 Å². The summed E-state index contributed by atoms with van der Waals surface area (Å²) in [6, 6.07) is -3.13. The molecule has 2 fully saturated rings. The van der Waals surface area contributed by atoms with Gasteiger partial charge in [0.05, 0.1) is 0 Å². The Bertz CT molecular complexity index is 829. The number of fused-ring (bicyclic) bond motifs is 1. The van der Waals surface area contributed by atoms with Gasteiger partial charge in [0.25, 0.3) is 0 Å². The lowest BCUT2D eigenvalue weighted by Crippen LogP contribution is -2.71. The van der Waals surface area contributed by atoms with E-state index in [9.17, 15) is 24.3 Å². The fourth-order valence-electron chi connectivity index (χ4n) is 3.36. The molecule has 3 amide bonds. The molecule has 0 aromatic heterocycles. The van der Waals surface area contributed by atoms with Crippen LogP contribution < -0.4 is 10.6 Å². The highest BCUT2D eigenvalue weighted by atomic mass is 35.6. The number of carbonyl (C=O) groups excluding carboxylic acids is 3. The van der Waals surface area contributed by atoms with Gasteiger partial charge in [0.2, 0.25) is 15.6 Å². The molecule has 3 N–H and O–H groups in total. The molecule has 4 atom stereocenters. The Morgan fingerprint density at radius 2 is 2.00 bits per heavy atom. The van der Waals surface area contributed by atoms with Gasteiger partial charge in [0, 0.05) is 4.75 Å². The Hall–Kier alpha value is -1.62. The standard InChI is InChI=1S/C18H22Cl3N3O6S/c1-5-6-8(2)9(23-16(29)30-7-18(19,20)21)12(25)22-10-13(26)24-11(15(27)28)17(3,4)31-14(10)24/h5-6,9-11,14H,1,7H2,2-4H3,(H,22,25)(H,23,29)(H,27,28)/b8-6+/t9?,10-,11+,14-/m1/s1. The van der Waals surface area contributed by atoms with E-state index in [1.807, 2.05) is 0 Å². The summed E-state index contributed by atoms with van der Waals surface area (Å²) < 4.78 is 2.24. The largest absolute Gasteiger partial charge is 0.480 e. The zero-order chi connectivity index (χ0) is 23.7. The van der Waals surface area contributed by atoms with E-state index in [1.54, 1.807) is 20.8 Å². The first-order chi connectivity index (χ1) is 14.2. The van der Waals surface area contributed by atoms with Crippen LogP contribution in [0.15, 0.2) is 24.3 Å². The van der Waals surface area contributed by atoms with E-state index >= 15 is 0 Å². The van der Waals surface area contributed by atoms with E-state index in [2.05, 4.69) is 17.2 Å². The number of amides is 3. The van der Waals surface area contributed by atoms with Crippen LogP contribution >= 0.6 is 46.6 Å². The minimum Gasteiger partial charge on any atom is -0.480 e. The zero-order valence-corrected chi connectivity index (χ0v) is 19.9. The first-order valence-corrected chi connectivity index (χ1v) is 11.0. The Morgan fingerprint density at radius 1 is 1.39 bits per heavy atom. The van der Waals surface area contributed by atoms with E-state index in [1.165, 1.54) is 28.8 Å². The van der Waals surface area contributed by atoms with Gasteiger partial charge in [-0.25, -0.2) is 9.59 Å². The second-order valence-corrected chi connectivity index (χ2v) is 11.8. The van der Waals surface area contributed by atoms with Crippen molar-refractivity contribution in [2.24, 2.45) is 0 Å². The fraction of sp³-hybridized carbons (Fsp3) is 0.556. The molecule has 172 valence electrons. The first-order valence-electron chi connectivity index (χ1n) is 9.02. The number of ether oxygens (including phenoxy) is 1. The number of halogens is 3. The summed E-state index contributed by atoms with van der Waals surface area (Å²) in [4.78, 5) is 50.4. The molecule has 31 heavy (non-hydrogen) atoms. The predicted molar refractivity (Wildman–Crippen MR) is 118 cm³/mol. The van der Waals surface area contributed by atoms with Gasteiger partial charge in [-0.05, 0) is 26.3 Å². The topological polar surface area (TPSA) is 125 Å². The molecule has 2 aliphatic heterocycles. The van der Waals surface area contributed by atoms with Gasteiger partial charge in [-0.1, -0.05) is 53.5 Å². The van der Waals surface area contributed by atoms with Crippen molar-refractivity contribution in [3.8, 4) is 0 Å². The number of carbonyl (C=O) groups is 4. The van der Waals surface area contributed by atoms with E-state index in [-0.39, 0.29) is 0 Å². The molecule has 0 radical (unpaired) electrons. The van der Waals surface area contributed by atoms with E-state index in [4.69, 9.17) is 39.5 Å². The maximum atomic E-state index is 12.9. The SMILES string of the molecule is C=C/C=C(\C)C(NC(=O)OCC(Cl)(Cl)Cl)C(=O)N[C@@H]1C(=O)N2[C@@H]1SC(C)(C)[C@@H]2C(=O)O. The van der Waals surface area contributed by atoms with Gasteiger partial charge >= 0.3 is 12.1 Å². The van der Waals surface area contributed by atoms with Gasteiger partial charge in [-0.15, -0.1) is 11.8 Å². The van der Waals surface area contributed by atoms with Crippen molar-refractivity contribution >= 4 is 70.4 Å². The molecule has 2 heterocycles. The molecular weight excluding hydrogens is 493 g/mol. The highest BCUT2D eigenvalue weighted by Crippen LogP contribution is 2.50. The van der Waals surface area contributed by atoms with Crippen LogP contribution in [0.1, 0.15) is 20.8 Å². The number of aliphatic carboxylic acids is 1. The van der Waals surface area contributed by atoms with Crippen LogP contribution in [0.3, 0.4) is 0 Å². The summed E-state index contributed by atoms with van der Waals surface area (Å²) >= 11 is 17.9. The van der Waals surface area contributed by atoms with Crippen LogP contribution in [0.25, 0.3) is 0 Å². The summed E-state index contributed by atoms with van der Waals surface area (Å²) in [6.07, 6.45) is 1.92. The number of hydrogen-bond donors (Lipinski definition) is 3. The van der Waals surface area contributed by atoms with Crippen molar-refractivity contribution in [1.29, 1.82) is 0 Å². The van der Waals surface area contributed by atoms with Crippen LogP contribution in [0.4, 0.5) is 4.79 Å². The monoisotopic (exact) mass is 513 g/mol. The third-order valence-corrected chi connectivity index (χ3v) is 6.60. The zero-order valence-electron chi connectivity index (χ0n) is 16.9. The molecule has 0 aromatic carbocycles. The summed E-state index contributed by atoms with van der Waals surface area (Å²) in [5.41, 5.74) is 0.407. The number of nitrogens with one attached hydrogen (secondary N) is 2. The van der Waals surface area contributed by atoms with E-state index in [0.717, 1.165) is 0 Å². The number of rotatable bonds is 7. The molecule has 0 spiro atoms. The number of hydrogen-bond acceptors (Lipinski definition) is 6. The van der Waals surface area contributed by atoms with Crippen molar-refractivity contribution in [3.63, 3.8) is 0 Å². The van der Waals surface area contributed by atoms with Gasteiger partial charge in [0.15, 0.2) is 0 Å². The van der Waals surface area contributed by atoms with Crippen LogP contribution in [0.2, 0.25) is 0 Å². The second-order valence-electron chi connectivity index (χ2n) is 7.50. The van der Waals surface area contributed by atoms with Crippen molar-refractivity contribution in [2.75, 3.05) is 6.61 Å². The normalized spacial score (nSPS) is 25.7. The van der Waals surface area contributed by atoms with Crippen LogP contribution in [0.5, 0.6) is 0 Å². The maximum absolute atomic E-state index is 12.9. The summed E-state index contributed by atoms with van der Waals surface area (Å²) in [5, 5.41) is 13.9. The molecule has 0 saturated carbocycles. The molecule has 1 unspecified atom stereocenters. The summed E-state index contributed by atoms with van der Waals surface area (Å²) in [7, 11) is 0. The third kappa shape index (κ3) is 5.79. The molecule has 2 saturated heterocycles. The first kappa shape index (κ1) is 25.6. The number of alkyl halides is 3. The number of alkyl carbamates (subject to hydrolysis) is 1. The second kappa shape index (κ2) is 9.48. The number of allylic oxidation sites excluding steroid dienone is 2. The number of thioether (sulfide) groups is 1. The highest BCUT2D eigenvalue weighted by molar-refractivity contribution is 8.01. The molecule has 0 aliphatic carbocycles. The quantitative estimate of drug-likeness (QED) is 0.270. The lowest BCUT2D eigenvalue weighted by molar-refractivity contribution is -0.161. The number of carboxylic acids is 1. The number of carboxylic acid groups (broad SMARTS) is 1. The Morgan fingerprint density at radius 3 is 2.52 bits per heavy atom. The lowest BCUT2D eigenvalue weighted by atomic mass is 9.95. The number of β-lactam (4-membered cyclic amide) rings is 1. The smallest absolute Gasteiger partial charge is 0.408 e. The average molecular weight is 515 g/mol. The molecule has 0 bridgehead atoms. The number of nitrogens with zero attached hydrogens (tertiary/aromatic N) is 1. The minimum atomic E-state index is -1.82. The highest BCUT2D eigenvalue weighted by Gasteiger charge is 2.64. The van der Waals surface area contributed by atoms with Crippen molar-refractivity contribution < 1.29 is 29.0 Å². The lowest BCUT2D eigenvalue weighted by Gasteiger charge is -2.44. The Kier molecular flexibility index (Phi) is 7.84. The van der Waals surface area contributed by atoms with Gasteiger partial charge in [-0.2, -0.15) is 0 Å². The Labute approximate surface area is 198 Å². The molecule has 2 aliphatic rings. The average Bonchev–Trinajstić information content (AvgIpc) is 2.90. The van der Waals surface area contributed by atoms with Crippen LogP contribution in [-0.4, -0.2) is 72.5 Å². The van der Waals surface area contributed by atoms with Crippen molar-refractivity contribution in [2.45, 2.75) is 52.8 Å². The third-order valence-electron chi connectivity index (χ3n) is 4.70. The predicted octanol–water partition coefficient (Wildman–Crippen LogP) is 2.22. The van der Waals surface area contributed by atoms with Crippen LogP contribution in [0, 0.1) is 0 Å².